The number of nitrogens with one attached hydrogen (secondary N) is 1. The van der Waals surface area contributed by atoms with Crippen LogP contribution < -0.4 is 5.32 Å². The van der Waals surface area contributed by atoms with E-state index in [1.54, 1.807) is 0 Å². The molecule has 0 aliphatic heterocycles. The van der Waals surface area contributed by atoms with Crippen molar-refractivity contribution in [1.82, 2.24) is 5.32 Å². The van der Waals surface area contributed by atoms with Crippen molar-refractivity contribution >= 4 is 5.91 Å². The molecule has 0 spiro atoms. The van der Waals surface area contributed by atoms with Crippen molar-refractivity contribution in [3.05, 3.63) is 35.9 Å². The van der Waals surface area contributed by atoms with E-state index in [-0.39, 0.29) is 11.8 Å². The van der Waals surface area contributed by atoms with Crippen LogP contribution in [-0.2, 0) is 4.79 Å². The van der Waals surface area contributed by atoms with E-state index in [9.17, 15) is 4.79 Å². The summed E-state index contributed by atoms with van der Waals surface area (Å²) in [6.07, 6.45) is 1.72. The minimum atomic E-state index is 0.173. The van der Waals surface area contributed by atoms with Crippen molar-refractivity contribution in [2.75, 3.05) is 6.54 Å². The van der Waals surface area contributed by atoms with E-state index in [0.29, 0.717) is 12.5 Å². The lowest BCUT2D eigenvalue weighted by molar-refractivity contribution is -0.122. The highest BCUT2D eigenvalue weighted by molar-refractivity contribution is 5.82. The normalized spacial score (nSPS) is 21.2. The van der Waals surface area contributed by atoms with E-state index in [2.05, 4.69) is 29.3 Å². The lowest BCUT2D eigenvalue weighted by atomic mass is 10.1. The van der Waals surface area contributed by atoms with Gasteiger partial charge in [-0.05, 0) is 24.8 Å². The van der Waals surface area contributed by atoms with Crippen molar-refractivity contribution in [3.8, 4) is 11.8 Å². The van der Waals surface area contributed by atoms with Crippen LogP contribution in [-0.4, -0.2) is 12.5 Å². The van der Waals surface area contributed by atoms with Gasteiger partial charge < -0.3 is 5.32 Å². The molecule has 17 heavy (non-hydrogen) atoms. The smallest absolute Gasteiger partial charge is 0.223 e. The van der Waals surface area contributed by atoms with Crippen LogP contribution in [0.2, 0.25) is 0 Å². The van der Waals surface area contributed by atoms with Gasteiger partial charge in [0.1, 0.15) is 0 Å². The molecule has 0 heterocycles. The number of rotatable bonds is 4. The molecule has 1 aromatic carbocycles. The van der Waals surface area contributed by atoms with Crippen molar-refractivity contribution in [1.29, 1.82) is 0 Å². The fourth-order valence-electron chi connectivity index (χ4n) is 2.06. The molecule has 88 valence electrons. The van der Waals surface area contributed by atoms with Crippen LogP contribution >= 0.6 is 0 Å². The lowest BCUT2D eigenvalue weighted by Crippen LogP contribution is -2.26. The predicted octanol–water partition coefficient (Wildman–Crippen LogP) is 2.32. The molecule has 2 nitrogen and oxygen atoms in total. The van der Waals surface area contributed by atoms with Gasteiger partial charge >= 0.3 is 0 Å². The van der Waals surface area contributed by atoms with Gasteiger partial charge in [-0.3, -0.25) is 4.79 Å². The maximum atomic E-state index is 11.8. The van der Waals surface area contributed by atoms with Gasteiger partial charge in [0.25, 0.3) is 0 Å². The zero-order valence-electron chi connectivity index (χ0n) is 10.1. The number of carbonyl (C=O) groups is 1. The quantitative estimate of drug-likeness (QED) is 0.620. The lowest BCUT2D eigenvalue weighted by Gasteiger charge is -2.02. The summed E-state index contributed by atoms with van der Waals surface area (Å²) in [5.41, 5.74) is 1.28. The highest BCUT2D eigenvalue weighted by atomic mass is 16.2. The molecule has 0 radical (unpaired) electrons. The van der Waals surface area contributed by atoms with Crippen LogP contribution in [0.1, 0.15) is 31.2 Å². The first-order valence-electron chi connectivity index (χ1n) is 6.05. The third-order valence-corrected chi connectivity index (χ3v) is 3.08. The van der Waals surface area contributed by atoms with Crippen LogP contribution in [0, 0.1) is 17.8 Å². The van der Waals surface area contributed by atoms with Crippen molar-refractivity contribution in [3.63, 3.8) is 0 Å². The van der Waals surface area contributed by atoms with Crippen LogP contribution in [0.15, 0.2) is 30.3 Å². The topological polar surface area (TPSA) is 29.1 Å². The standard InChI is InChI=1S/C15H17NO/c1-2-3-7-10-16-15(17)14-11-13(14)12-8-5-4-6-9-12/h4-6,8-9,13-14H,7,10-11H2,1H3,(H,16,17). The van der Waals surface area contributed by atoms with Crippen molar-refractivity contribution in [2.45, 2.75) is 25.7 Å². The average molecular weight is 227 g/mol. The summed E-state index contributed by atoms with van der Waals surface area (Å²) in [4.78, 5) is 11.8. The summed E-state index contributed by atoms with van der Waals surface area (Å²) >= 11 is 0. The molecule has 1 N–H and O–H groups in total. The summed E-state index contributed by atoms with van der Waals surface area (Å²) in [6, 6.07) is 10.3. The Morgan fingerprint density at radius 1 is 1.41 bits per heavy atom. The molecular formula is C15H17NO. The number of carbonyl (C=O) groups excluding carboxylic acids is 1. The predicted molar refractivity (Wildman–Crippen MR) is 68.4 cm³/mol. The monoisotopic (exact) mass is 227 g/mol. The molecule has 0 aromatic heterocycles. The molecule has 1 fully saturated rings. The summed E-state index contributed by atoms with van der Waals surface area (Å²) in [7, 11) is 0. The number of hydrogen-bond donors (Lipinski definition) is 1. The first-order valence-corrected chi connectivity index (χ1v) is 6.05. The second-order valence-corrected chi connectivity index (χ2v) is 4.33. The van der Waals surface area contributed by atoms with E-state index in [4.69, 9.17) is 0 Å². The molecule has 1 aromatic rings. The largest absolute Gasteiger partial charge is 0.355 e. The molecular weight excluding hydrogens is 210 g/mol. The first kappa shape index (κ1) is 11.7. The molecule has 0 bridgehead atoms. The number of amides is 1. The molecule has 1 aliphatic carbocycles. The summed E-state index contributed by atoms with van der Waals surface area (Å²) in [6.45, 7) is 2.48. The Bertz CT molecular complexity index is 441. The Morgan fingerprint density at radius 2 is 2.18 bits per heavy atom. The van der Waals surface area contributed by atoms with Gasteiger partial charge in [0, 0.05) is 18.9 Å². The second kappa shape index (κ2) is 5.54. The van der Waals surface area contributed by atoms with Gasteiger partial charge in [-0.2, -0.15) is 0 Å². The minimum Gasteiger partial charge on any atom is -0.355 e. The Morgan fingerprint density at radius 3 is 2.88 bits per heavy atom. The van der Waals surface area contributed by atoms with E-state index in [1.807, 2.05) is 25.1 Å². The Balaban J connectivity index is 1.78. The van der Waals surface area contributed by atoms with E-state index in [1.165, 1.54) is 5.56 Å². The maximum Gasteiger partial charge on any atom is 0.223 e. The third kappa shape index (κ3) is 3.10. The van der Waals surface area contributed by atoms with Crippen LogP contribution in [0.5, 0.6) is 0 Å². The first-order chi connectivity index (χ1) is 8.33. The fraction of sp³-hybridized carbons (Fsp3) is 0.400. The average Bonchev–Trinajstić information content (AvgIpc) is 3.16. The Labute approximate surface area is 102 Å². The summed E-state index contributed by atoms with van der Waals surface area (Å²) in [5.74, 6) is 6.54. The van der Waals surface area contributed by atoms with Crippen LogP contribution in [0.3, 0.4) is 0 Å². The van der Waals surface area contributed by atoms with E-state index in [0.717, 1.165) is 12.8 Å². The molecule has 2 atom stereocenters. The highest BCUT2D eigenvalue weighted by Gasteiger charge is 2.43. The minimum absolute atomic E-state index is 0.173. The Hall–Kier alpha value is -1.75. The van der Waals surface area contributed by atoms with Gasteiger partial charge in [0.05, 0.1) is 0 Å². The summed E-state index contributed by atoms with van der Waals surface area (Å²) in [5, 5.41) is 2.94. The highest BCUT2D eigenvalue weighted by Crippen LogP contribution is 2.47. The molecule has 1 amide bonds. The van der Waals surface area contributed by atoms with Gasteiger partial charge in [-0.25, -0.2) is 0 Å². The second-order valence-electron chi connectivity index (χ2n) is 4.33. The van der Waals surface area contributed by atoms with Crippen LogP contribution in [0.25, 0.3) is 0 Å². The SMILES string of the molecule is CC#CCCNC(=O)C1CC1c1ccccc1. The van der Waals surface area contributed by atoms with Crippen molar-refractivity contribution in [2.24, 2.45) is 5.92 Å². The van der Waals surface area contributed by atoms with E-state index >= 15 is 0 Å². The molecule has 0 saturated heterocycles. The molecule has 2 rings (SSSR count). The summed E-state index contributed by atoms with van der Waals surface area (Å²) < 4.78 is 0. The fourth-order valence-corrected chi connectivity index (χ4v) is 2.06. The van der Waals surface area contributed by atoms with Gasteiger partial charge in [-0.1, -0.05) is 30.3 Å². The van der Waals surface area contributed by atoms with Gasteiger partial charge in [-0.15, -0.1) is 11.8 Å². The van der Waals surface area contributed by atoms with E-state index < -0.39 is 0 Å². The molecule has 1 saturated carbocycles. The van der Waals surface area contributed by atoms with Gasteiger partial charge in [0.15, 0.2) is 0 Å². The van der Waals surface area contributed by atoms with Gasteiger partial charge in [0.2, 0.25) is 5.91 Å². The van der Waals surface area contributed by atoms with Crippen molar-refractivity contribution < 1.29 is 4.79 Å². The zero-order valence-corrected chi connectivity index (χ0v) is 10.1. The Kier molecular flexibility index (Phi) is 3.82. The molecule has 2 heteroatoms. The maximum absolute atomic E-state index is 11.8. The number of hydrogen-bond acceptors (Lipinski definition) is 1. The zero-order chi connectivity index (χ0) is 12.1. The number of benzene rings is 1. The molecule has 1 aliphatic rings. The third-order valence-electron chi connectivity index (χ3n) is 3.08. The van der Waals surface area contributed by atoms with Crippen LogP contribution in [0.4, 0.5) is 0 Å². The molecule has 2 unspecified atom stereocenters.